The number of imide groups is 1. The first-order valence-electron chi connectivity index (χ1n) is 9.56. The number of anilines is 1. The lowest BCUT2D eigenvalue weighted by atomic mass is 9.90. The van der Waals surface area contributed by atoms with E-state index in [1.165, 1.54) is 20.1 Å². The Morgan fingerprint density at radius 3 is 2.38 bits per heavy atom. The summed E-state index contributed by atoms with van der Waals surface area (Å²) in [5, 5.41) is 9.02. The second kappa shape index (κ2) is 8.98. The fourth-order valence-corrected chi connectivity index (χ4v) is 3.49. The van der Waals surface area contributed by atoms with E-state index in [1.807, 2.05) is 0 Å². The fraction of sp³-hybridized carbons (Fsp3) is 0.318. The molecular formula is C22H20F3N3O4. The maximum atomic E-state index is 13.5. The molecule has 1 fully saturated rings. The van der Waals surface area contributed by atoms with Crippen molar-refractivity contribution in [1.82, 2.24) is 4.90 Å². The van der Waals surface area contributed by atoms with Crippen LogP contribution in [-0.2, 0) is 26.0 Å². The molecule has 1 atom stereocenters. The molecule has 0 bridgehead atoms. The molecule has 0 N–H and O–H groups in total. The molecule has 32 heavy (non-hydrogen) atoms. The van der Waals surface area contributed by atoms with Gasteiger partial charge in [0.05, 0.1) is 36.1 Å². The summed E-state index contributed by atoms with van der Waals surface area (Å²) < 4.78 is 50.7. The summed E-state index contributed by atoms with van der Waals surface area (Å²) >= 11 is 0. The van der Waals surface area contributed by atoms with Crippen molar-refractivity contribution in [3.05, 3.63) is 65.2 Å². The molecule has 3 amide bonds. The molecule has 0 aromatic heterocycles. The molecule has 1 unspecified atom stereocenters. The van der Waals surface area contributed by atoms with Crippen LogP contribution in [0.25, 0.3) is 0 Å². The molecule has 1 aliphatic heterocycles. The van der Waals surface area contributed by atoms with Crippen molar-refractivity contribution < 1.29 is 32.2 Å². The molecule has 7 nitrogen and oxygen atoms in total. The molecule has 1 saturated heterocycles. The molecule has 0 saturated carbocycles. The van der Waals surface area contributed by atoms with Gasteiger partial charge in [-0.05, 0) is 30.7 Å². The number of carbonyl (C=O) groups excluding carboxylic acids is 2. The second-order valence-corrected chi connectivity index (χ2v) is 7.16. The molecule has 3 rings (SSSR count). The van der Waals surface area contributed by atoms with Crippen LogP contribution in [-0.4, -0.2) is 43.9 Å². The molecule has 0 spiro atoms. The largest absolute Gasteiger partial charge is 0.417 e. The third-order valence-corrected chi connectivity index (χ3v) is 5.26. The highest BCUT2D eigenvalue weighted by molar-refractivity contribution is 6.23. The minimum absolute atomic E-state index is 0.147. The van der Waals surface area contributed by atoms with Gasteiger partial charge in [-0.1, -0.05) is 30.3 Å². The zero-order chi connectivity index (χ0) is 23.5. The first kappa shape index (κ1) is 23.2. The lowest BCUT2D eigenvalue weighted by Crippen LogP contribution is -2.45. The van der Waals surface area contributed by atoms with Crippen LogP contribution >= 0.6 is 0 Å². The first-order chi connectivity index (χ1) is 15.2. The summed E-state index contributed by atoms with van der Waals surface area (Å²) in [7, 11) is 1.48. The minimum Gasteiger partial charge on any atom is -0.382 e. The van der Waals surface area contributed by atoms with Crippen LogP contribution in [0.15, 0.2) is 48.5 Å². The molecule has 1 heterocycles. The number of benzene rings is 2. The zero-order valence-corrected chi connectivity index (χ0v) is 17.3. The van der Waals surface area contributed by atoms with Gasteiger partial charge in [-0.2, -0.15) is 18.4 Å². The Kier molecular flexibility index (Phi) is 6.52. The summed E-state index contributed by atoms with van der Waals surface area (Å²) in [6.07, 6.45) is -4.83. The van der Waals surface area contributed by atoms with Crippen LogP contribution in [0, 0.1) is 11.3 Å². The van der Waals surface area contributed by atoms with Gasteiger partial charge in [-0.15, -0.1) is 0 Å². The second-order valence-electron chi connectivity index (χ2n) is 7.16. The van der Waals surface area contributed by atoms with E-state index in [0.717, 1.165) is 17.0 Å². The van der Waals surface area contributed by atoms with E-state index in [2.05, 4.69) is 0 Å². The number of carbonyl (C=O) groups is 2. The number of methoxy groups -OCH3 is 1. The number of urea groups is 1. The number of hydrogen-bond donors (Lipinski definition) is 0. The van der Waals surface area contributed by atoms with Gasteiger partial charge in [0, 0.05) is 7.11 Å². The van der Waals surface area contributed by atoms with Crippen molar-refractivity contribution in [2.24, 2.45) is 0 Å². The summed E-state index contributed by atoms with van der Waals surface area (Å²) in [6.45, 7) is 1.63. The molecule has 1 aliphatic rings. The number of nitrogens with zero attached hydrogens (tertiary/aromatic N) is 3. The van der Waals surface area contributed by atoms with Gasteiger partial charge in [0.1, 0.15) is 12.3 Å². The molecule has 2 aromatic rings. The van der Waals surface area contributed by atoms with Crippen LogP contribution < -0.4 is 4.90 Å². The van der Waals surface area contributed by atoms with Crippen LogP contribution in [0.1, 0.15) is 23.6 Å². The van der Waals surface area contributed by atoms with Crippen molar-refractivity contribution in [1.29, 1.82) is 5.26 Å². The van der Waals surface area contributed by atoms with Gasteiger partial charge in [-0.25, -0.2) is 9.69 Å². The molecular weight excluding hydrogens is 427 g/mol. The van der Waals surface area contributed by atoms with Crippen molar-refractivity contribution >= 4 is 17.6 Å². The summed E-state index contributed by atoms with van der Waals surface area (Å²) in [6, 6.07) is 11.8. The summed E-state index contributed by atoms with van der Waals surface area (Å²) in [5.74, 6) is -0.734. The molecule has 0 aliphatic carbocycles. The molecule has 10 heteroatoms. The van der Waals surface area contributed by atoms with Crippen molar-refractivity contribution in [2.45, 2.75) is 18.6 Å². The summed E-state index contributed by atoms with van der Waals surface area (Å²) in [4.78, 5) is 28.6. The maximum absolute atomic E-state index is 13.5. The molecule has 0 radical (unpaired) electrons. The summed E-state index contributed by atoms with van der Waals surface area (Å²) in [5.41, 5.74) is -3.16. The Hall–Kier alpha value is -3.42. The minimum atomic E-state index is -4.83. The number of alkyl halides is 3. The van der Waals surface area contributed by atoms with Crippen molar-refractivity contribution in [2.75, 3.05) is 32.0 Å². The lowest BCUT2D eigenvalue weighted by Gasteiger charge is -2.31. The quantitative estimate of drug-likeness (QED) is 0.475. The highest BCUT2D eigenvalue weighted by Gasteiger charge is 2.56. The number of hydrogen-bond acceptors (Lipinski definition) is 5. The average molecular weight is 447 g/mol. The molecule has 2 aromatic carbocycles. The number of nitriles is 1. The van der Waals surface area contributed by atoms with E-state index < -0.39 is 34.8 Å². The normalized spacial score (nSPS) is 18.9. The lowest BCUT2D eigenvalue weighted by molar-refractivity contribution is -0.137. The Morgan fingerprint density at radius 2 is 1.78 bits per heavy atom. The van der Waals surface area contributed by atoms with E-state index >= 15 is 0 Å². The number of ether oxygens (including phenoxy) is 2. The third-order valence-electron chi connectivity index (χ3n) is 5.26. The van der Waals surface area contributed by atoms with E-state index in [0.29, 0.717) is 16.5 Å². The zero-order valence-electron chi connectivity index (χ0n) is 17.3. The Bertz CT molecular complexity index is 1050. The Morgan fingerprint density at radius 1 is 1.09 bits per heavy atom. The Labute approximate surface area is 182 Å². The molecule has 168 valence electrons. The standard InChI is InChI=1S/C22H20F3N3O4/c1-21(16-6-4-3-5-7-16)19(29)28(20(30)27(21)14-32-11-10-31-2)17-9-8-15(13-26)18(12-17)22(23,24)25/h3-9,12H,10-11,14H2,1-2H3. The van der Waals surface area contributed by atoms with Gasteiger partial charge in [0.15, 0.2) is 0 Å². The van der Waals surface area contributed by atoms with Gasteiger partial charge < -0.3 is 9.47 Å². The average Bonchev–Trinajstić information content (AvgIpc) is 2.97. The van der Waals surface area contributed by atoms with Gasteiger partial charge in [-0.3, -0.25) is 9.69 Å². The van der Waals surface area contributed by atoms with E-state index in [1.54, 1.807) is 30.3 Å². The number of rotatable bonds is 7. The fourth-order valence-electron chi connectivity index (χ4n) is 3.49. The van der Waals surface area contributed by atoms with Crippen LogP contribution in [0.5, 0.6) is 0 Å². The van der Waals surface area contributed by atoms with Gasteiger partial charge in [0.2, 0.25) is 0 Å². The number of halogens is 3. The van der Waals surface area contributed by atoms with Gasteiger partial charge in [0.25, 0.3) is 5.91 Å². The predicted octanol–water partition coefficient (Wildman–Crippen LogP) is 3.88. The first-order valence-corrected chi connectivity index (χ1v) is 9.56. The highest BCUT2D eigenvalue weighted by Crippen LogP contribution is 2.41. The van der Waals surface area contributed by atoms with Crippen LogP contribution in [0.4, 0.5) is 23.7 Å². The monoisotopic (exact) mass is 447 g/mol. The van der Waals surface area contributed by atoms with Crippen molar-refractivity contribution in [3.8, 4) is 6.07 Å². The highest BCUT2D eigenvalue weighted by atomic mass is 19.4. The predicted molar refractivity (Wildman–Crippen MR) is 107 cm³/mol. The maximum Gasteiger partial charge on any atom is 0.417 e. The van der Waals surface area contributed by atoms with Crippen molar-refractivity contribution in [3.63, 3.8) is 0 Å². The van der Waals surface area contributed by atoms with Crippen LogP contribution in [0.2, 0.25) is 0 Å². The van der Waals surface area contributed by atoms with E-state index in [4.69, 9.17) is 14.7 Å². The topological polar surface area (TPSA) is 82.9 Å². The van der Waals surface area contributed by atoms with E-state index in [-0.39, 0.29) is 25.6 Å². The number of amides is 3. The van der Waals surface area contributed by atoms with Crippen LogP contribution in [0.3, 0.4) is 0 Å². The SMILES string of the molecule is COCCOCN1C(=O)N(c2ccc(C#N)c(C(F)(F)F)c2)C(=O)C1(C)c1ccccc1. The smallest absolute Gasteiger partial charge is 0.382 e. The Balaban J connectivity index is 2.08. The van der Waals surface area contributed by atoms with E-state index in [9.17, 15) is 22.8 Å². The van der Waals surface area contributed by atoms with Gasteiger partial charge >= 0.3 is 12.2 Å². The third kappa shape index (κ3) is 4.04.